The molecule has 6 heteroatoms. The van der Waals surface area contributed by atoms with E-state index >= 15 is 0 Å². The Hall–Kier alpha value is -1.40. The minimum atomic E-state index is -0.398. The van der Waals surface area contributed by atoms with Crippen molar-refractivity contribution >= 4 is 38.4 Å². The fraction of sp³-hybridized carbons (Fsp3) is 0.231. The Morgan fingerprint density at radius 3 is 2.74 bits per heavy atom. The van der Waals surface area contributed by atoms with Crippen LogP contribution in [0.15, 0.2) is 28.7 Å². The number of carbonyl (C=O) groups excluding carboxylic acids is 1. The molecule has 0 aliphatic heterocycles. The van der Waals surface area contributed by atoms with Gasteiger partial charge in [0.05, 0.1) is 7.11 Å². The summed E-state index contributed by atoms with van der Waals surface area (Å²) in [5.41, 5.74) is 1.53. The van der Waals surface area contributed by atoms with E-state index in [1.165, 1.54) is 18.4 Å². The van der Waals surface area contributed by atoms with Gasteiger partial charge in [-0.3, -0.25) is 0 Å². The lowest BCUT2D eigenvalue weighted by Gasteiger charge is -2.02. The van der Waals surface area contributed by atoms with Gasteiger partial charge in [-0.15, -0.1) is 11.3 Å². The van der Waals surface area contributed by atoms with E-state index in [0.29, 0.717) is 12.2 Å². The van der Waals surface area contributed by atoms with Gasteiger partial charge in [0, 0.05) is 15.9 Å². The zero-order chi connectivity index (χ0) is 13.8. The zero-order valence-electron chi connectivity index (χ0n) is 10.6. The predicted octanol–water partition coefficient (Wildman–Crippen LogP) is 3.61. The van der Waals surface area contributed by atoms with E-state index < -0.39 is 5.97 Å². The molecule has 19 heavy (non-hydrogen) atoms. The minimum Gasteiger partial charge on any atom is -0.464 e. The first-order valence-corrected chi connectivity index (χ1v) is 7.25. The van der Waals surface area contributed by atoms with Crippen LogP contribution in [-0.2, 0) is 11.3 Å². The van der Waals surface area contributed by atoms with Gasteiger partial charge in [-0.2, -0.15) is 0 Å². The molecule has 1 aromatic carbocycles. The molecule has 0 saturated heterocycles. The summed E-state index contributed by atoms with van der Waals surface area (Å²) in [6.45, 7) is 2.52. The molecule has 1 N–H and O–H groups in total. The van der Waals surface area contributed by atoms with E-state index in [1.807, 2.05) is 31.2 Å². The van der Waals surface area contributed by atoms with Crippen molar-refractivity contribution in [3.63, 3.8) is 0 Å². The molecule has 0 radical (unpaired) electrons. The van der Waals surface area contributed by atoms with Crippen LogP contribution in [-0.4, -0.2) is 18.1 Å². The number of hydrogen-bond acceptors (Lipinski definition) is 5. The lowest BCUT2D eigenvalue weighted by Crippen LogP contribution is -2.04. The average molecular weight is 341 g/mol. The third kappa shape index (κ3) is 3.54. The number of rotatable bonds is 4. The zero-order valence-corrected chi connectivity index (χ0v) is 13.0. The normalized spacial score (nSPS) is 10.3. The molecule has 100 valence electrons. The van der Waals surface area contributed by atoms with Gasteiger partial charge in [-0.1, -0.05) is 28.1 Å². The Labute approximate surface area is 124 Å². The molecular formula is C13H13BrN2O2S. The SMILES string of the molecule is COC(=O)c1nc(NCc2ccc(Br)cc2)sc1C. The minimum absolute atomic E-state index is 0.380. The fourth-order valence-corrected chi connectivity index (χ4v) is 2.60. The third-order valence-electron chi connectivity index (χ3n) is 2.53. The maximum absolute atomic E-state index is 11.4. The summed E-state index contributed by atoms with van der Waals surface area (Å²) in [6, 6.07) is 8.03. The van der Waals surface area contributed by atoms with Crippen LogP contribution in [0.1, 0.15) is 20.9 Å². The van der Waals surface area contributed by atoms with Crippen LogP contribution < -0.4 is 5.32 Å². The lowest BCUT2D eigenvalue weighted by atomic mass is 10.2. The van der Waals surface area contributed by atoms with Crippen molar-refractivity contribution in [3.8, 4) is 0 Å². The molecule has 0 spiro atoms. The molecule has 0 amide bonds. The number of hydrogen-bond donors (Lipinski definition) is 1. The molecule has 1 aromatic heterocycles. The highest BCUT2D eigenvalue weighted by molar-refractivity contribution is 9.10. The third-order valence-corrected chi connectivity index (χ3v) is 3.99. The number of carbonyl (C=O) groups is 1. The van der Waals surface area contributed by atoms with E-state index in [9.17, 15) is 4.79 Å². The number of nitrogens with zero attached hydrogens (tertiary/aromatic N) is 1. The van der Waals surface area contributed by atoms with Crippen LogP contribution in [0.4, 0.5) is 5.13 Å². The number of halogens is 1. The number of benzene rings is 1. The summed E-state index contributed by atoms with van der Waals surface area (Å²) in [5.74, 6) is -0.398. The molecule has 1 heterocycles. The lowest BCUT2D eigenvalue weighted by molar-refractivity contribution is 0.0594. The molecule has 0 bridgehead atoms. The van der Waals surface area contributed by atoms with Gasteiger partial charge in [0.2, 0.25) is 0 Å². The maximum Gasteiger partial charge on any atom is 0.357 e. The largest absolute Gasteiger partial charge is 0.464 e. The predicted molar refractivity (Wildman–Crippen MR) is 79.7 cm³/mol. The Balaban J connectivity index is 2.04. The van der Waals surface area contributed by atoms with Crippen LogP contribution in [0.2, 0.25) is 0 Å². The summed E-state index contributed by atoms with van der Waals surface area (Å²) in [4.78, 5) is 16.5. The molecule has 0 aliphatic carbocycles. The van der Waals surface area contributed by atoms with Crippen LogP contribution in [0.3, 0.4) is 0 Å². The van der Waals surface area contributed by atoms with E-state index in [0.717, 1.165) is 20.0 Å². The molecule has 0 unspecified atom stereocenters. The number of anilines is 1. The van der Waals surface area contributed by atoms with Gasteiger partial charge >= 0.3 is 5.97 Å². The Morgan fingerprint density at radius 1 is 1.42 bits per heavy atom. The summed E-state index contributed by atoms with van der Waals surface area (Å²) >= 11 is 4.84. The number of aromatic nitrogens is 1. The van der Waals surface area contributed by atoms with Crippen molar-refractivity contribution in [2.75, 3.05) is 12.4 Å². The summed E-state index contributed by atoms with van der Waals surface area (Å²) in [5, 5.41) is 3.93. The van der Waals surface area contributed by atoms with Crippen molar-refractivity contribution in [2.45, 2.75) is 13.5 Å². The number of nitrogens with one attached hydrogen (secondary N) is 1. The van der Waals surface area contributed by atoms with E-state index in [-0.39, 0.29) is 0 Å². The molecule has 0 saturated carbocycles. The van der Waals surface area contributed by atoms with Gasteiger partial charge in [-0.05, 0) is 24.6 Å². The van der Waals surface area contributed by atoms with Crippen LogP contribution >= 0.6 is 27.3 Å². The molecule has 2 aromatic rings. The second-order valence-corrected chi connectivity index (χ2v) is 6.01. The highest BCUT2D eigenvalue weighted by Crippen LogP contribution is 2.23. The van der Waals surface area contributed by atoms with E-state index in [2.05, 4.69) is 31.0 Å². The molecule has 0 fully saturated rings. The van der Waals surface area contributed by atoms with Crippen molar-refractivity contribution < 1.29 is 9.53 Å². The highest BCUT2D eigenvalue weighted by atomic mass is 79.9. The quantitative estimate of drug-likeness (QED) is 0.863. The van der Waals surface area contributed by atoms with Gasteiger partial charge in [0.25, 0.3) is 0 Å². The Bertz CT molecular complexity index is 581. The topological polar surface area (TPSA) is 51.2 Å². The molecule has 0 atom stereocenters. The van der Waals surface area contributed by atoms with Crippen LogP contribution in [0, 0.1) is 6.92 Å². The van der Waals surface area contributed by atoms with E-state index in [4.69, 9.17) is 0 Å². The van der Waals surface area contributed by atoms with Gasteiger partial charge < -0.3 is 10.1 Å². The number of thiazole rings is 1. The maximum atomic E-state index is 11.4. The number of methoxy groups -OCH3 is 1. The highest BCUT2D eigenvalue weighted by Gasteiger charge is 2.15. The second kappa shape index (κ2) is 6.16. The van der Waals surface area contributed by atoms with Gasteiger partial charge in [0.1, 0.15) is 0 Å². The fourth-order valence-electron chi connectivity index (χ4n) is 1.54. The molecule has 4 nitrogen and oxygen atoms in total. The summed E-state index contributed by atoms with van der Waals surface area (Å²) in [7, 11) is 1.36. The monoisotopic (exact) mass is 340 g/mol. The van der Waals surface area contributed by atoms with Crippen LogP contribution in [0.25, 0.3) is 0 Å². The molecule has 0 aliphatic rings. The van der Waals surface area contributed by atoms with E-state index in [1.54, 1.807) is 0 Å². The van der Waals surface area contributed by atoms with Crippen molar-refractivity contribution in [3.05, 3.63) is 44.9 Å². The first-order valence-electron chi connectivity index (χ1n) is 5.64. The number of ether oxygens (including phenoxy) is 1. The summed E-state index contributed by atoms with van der Waals surface area (Å²) < 4.78 is 5.73. The first kappa shape index (κ1) is 14.0. The standard InChI is InChI=1S/C13H13BrN2O2S/c1-8-11(12(17)18-2)16-13(19-8)15-7-9-3-5-10(14)6-4-9/h3-6H,7H2,1-2H3,(H,15,16). The van der Waals surface area contributed by atoms with Gasteiger partial charge in [-0.25, -0.2) is 9.78 Å². The average Bonchev–Trinajstić information content (AvgIpc) is 2.78. The van der Waals surface area contributed by atoms with Crippen molar-refractivity contribution in [1.82, 2.24) is 4.98 Å². The number of esters is 1. The Morgan fingerprint density at radius 2 is 2.11 bits per heavy atom. The Kier molecular flexibility index (Phi) is 4.55. The van der Waals surface area contributed by atoms with Crippen LogP contribution in [0.5, 0.6) is 0 Å². The second-order valence-electron chi connectivity index (χ2n) is 3.90. The first-order chi connectivity index (χ1) is 9.10. The molecule has 2 rings (SSSR count). The molecular weight excluding hydrogens is 328 g/mol. The van der Waals surface area contributed by atoms with Crippen molar-refractivity contribution in [2.24, 2.45) is 0 Å². The smallest absolute Gasteiger partial charge is 0.357 e. The van der Waals surface area contributed by atoms with Gasteiger partial charge in [0.15, 0.2) is 10.8 Å². The number of aryl methyl sites for hydroxylation is 1. The van der Waals surface area contributed by atoms with Crippen molar-refractivity contribution in [1.29, 1.82) is 0 Å². The summed E-state index contributed by atoms with van der Waals surface area (Å²) in [6.07, 6.45) is 0.